The zero-order valence-corrected chi connectivity index (χ0v) is 4.48. The predicted molar refractivity (Wildman–Crippen MR) is 30.1 cm³/mol. The van der Waals surface area contributed by atoms with Crippen molar-refractivity contribution < 1.29 is 4.79 Å². The van der Waals surface area contributed by atoms with Crippen LogP contribution in [-0.2, 0) is 4.79 Å². The zero-order valence-electron chi connectivity index (χ0n) is 4.48. The molecule has 0 spiro atoms. The molecule has 0 radical (unpaired) electrons. The molecule has 1 aliphatic heterocycles. The van der Waals surface area contributed by atoms with Gasteiger partial charge < -0.3 is 11.1 Å². The summed E-state index contributed by atoms with van der Waals surface area (Å²) in [6.45, 7) is 1.41. The fraction of sp³-hybridized carbons (Fsp3) is 0.400. The number of nitrogens with one attached hydrogen (secondary N) is 1. The van der Waals surface area contributed by atoms with E-state index in [-0.39, 0.29) is 5.91 Å². The third kappa shape index (κ3) is 0.869. The van der Waals surface area contributed by atoms with Crippen molar-refractivity contribution in [1.29, 1.82) is 0 Å². The average molecular weight is 112 g/mol. The maximum absolute atomic E-state index is 10.3. The van der Waals surface area contributed by atoms with Crippen molar-refractivity contribution in [1.82, 2.24) is 5.32 Å². The highest BCUT2D eigenvalue weighted by Crippen LogP contribution is 1.94. The molecule has 3 heteroatoms. The molecule has 44 valence electrons. The van der Waals surface area contributed by atoms with E-state index in [9.17, 15) is 4.79 Å². The molecule has 0 unspecified atom stereocenters. The second-order valence-corrected chi connectivity index (χ2v) is 1.72. The number of primary amides is 1. The number of carbonyl (C=O) groups is 1. The number of hydrogen-bond donors (Lipinski definition) is 2. The fourth-order valence-electron chi connectivity index (χ4n) is 0.662. The summed E-state index contributed by atoms with van der Waals surface area (Å²) in [6.07, 6.45) is 1.81. The first-order valence-electron chi connectivity index (χ1n) is 2.50. The second kappa shape index (κ2) is 1.96. The molecule has 3 N–H and O–H groups in total. The molecule has 0 aliphatic carbocycles. The molecule has 0 aromatic heterocycles. The summed E-state index contributed by atoms with van der Waals surface area (Å²) < 4.78 is 0. The molecule has 3 nitrogen and oxygen atoms in total. The SMILES string of the molecule is NC(=O)C1=CCNC1. The first kappa shape index (κ1) is 5.31. The van der Waals surface area contributed by atoms with Gasteiger partial charge in [-0.15, -0.1) is 0 Å². The van der Waals surface area contributed by atoms with Gasteiger partial charge in [-0.25, -0.2) is 0 Å². The van der Waals surface area contributed by atoms with E-state index >= 15 is 0 Å². The van der Waals surface area contributed by atoms with Crippen molar-refractivity contribution in [2.45, 2.75) is 0 Å². The molecule has 8 heavy (non-hydrogen) atoms. The van der Waals surface area contributed by atoms with Gasteiger partial charge in [0, 0.05) is 18.7 Å². The Morgan fingerprint density at radius 1 is 1.88 bits per heavy atom. The Morgan fingerprint density at radius 3 is 2.88 bits per heavy atom. The Hall–Kier alpha value is -0.830. The largest absolute Gasteiger partial charge is 0.366 e. The topological polar surface area (TPSA) is 55.1 Å². The van der Waals surface area contributed by atoms with Gasteiger partial charge in [-0.05, 0) is 0 Å². The van der Waals surface area contributed by atoms with Crippen LogP contribution >= 0.6 is 0 Å². The molecular weight excluding hydrogens is 104 g/mol. The quantitative estimate of drug-likeness (QED) is 0.457. The van der Waals surface area contributed by atoms with Crippen molar-refractivity contribution in [2.75, 3.05) is 13.1 Å². The van der Waals surface area contributed by atoms with E-state index in [2.05, 4.69) is 5.32 Å². The molecule has 1 heterocycles. The lowest BCUT2D eigenvalue weighted by Gasteiger charge is -1.89. The van der Waals surface area contributed by atoms with Gasteiger partial charge in [-0.3, -0.25) is 4.79 Å². The van der Waals surface area contributed by atoms with Gasteiger partial charge in [0.2, 0.25) is 5.91 Å². The predicted octanol–water partition coefficient (Wildman–Crippen LogP) is -0.999. The first-order chi connectivity index (χ1) is 3.80. The lowest BCUT2D eigenvalue weighted by Crippen LogP contribution is -2.18. The lowest BCUT2D eigenvalue weighted by molar-refractivity contribution is -0.114. The summed E-state index contributed by atoms with van der Waals surface area (Å²) >= 11 is 0. The van der Waals surface area contributed by atoms with Crippen LogP contribution in [0.1, 0.15) is 0 Å². The monoisotopic (exact) mass is 112 g/mol. The molecule has 0 aromatic carbocycles. The smallest absolute Gasteiger partial charge is 0.245 e. The summed E-state index contributed by atoms with van der Waals surface area (Å²) in [5.74, 6) is -0.310. The Labute approximate surface area is 47.6 Å². The van der Waals surface area contributed by atoms with Gasteiger partial charge >= 0.3 is 0 Å². The number of carbonyl (C=O) groups excluding carboxylic acids is 1. The molecule has 0 bridgehead atoms. The minimum Gasteiger partial charge on any atom is -0.366 e. The zero-order chi connectivity index (χ0) is 5.98. The van der Waals surface area contributed by atoms with Gasteiger partial charge in [0.1, 0.15) is 0 Å². The van der Waals surface area contributed by atoms with E-state index in [4.69, 9.17) is 5.73 Å². The van der Waals surface area contributed by atoms with Crippen LogP contribution in [0.25, 0.3) is 0 Å². The Kier molecular flexibility index (Phi) is 1.30. The van der Waals surface area contributed by atoms with Crippen LogP contribution in [0.3, 0.4) is 0 Å². The maximum Gasteiger partial charge on any atom is 0.245 e. The summed E-state index contributed by atoms with van der Waals surface area (Å²) in [7, 11) is 0. The Morgan fingerprint density at radius 2 is 2.62 bits per heavy atom. The molecular formula is C5H8N2O. The van der Waals surface area contributed by atoms with Crippen LogP contribution in [0, 0.1) is 0 Å². The lowest BCUT2D eigenvalue weighted by atomic mass is 10.3. The van der Waals surface area contributed by atoms with E-state index < -0.39 is 0 Å². The summed E-state index contributed by atoms with van der Waals surface area (Å²) in [6, 6.07) is 0. The molecule has 0 atom stereocenters. The Bertz CT molecular complexity index is 139. The molecule has 0 saturated carbocycles. The van der Waals surface area contributed by atoms with Crippen LogP contribution in [0.2, 0.25) is 0 Å². The van der Waals surface area contributed by atoms with Crippen LogP contribution in [0.15, 0.2) is 11.6 Å². The van der Waals surface area contributed by atoms with Crippen LogP contribution in [0.5, 0.6) is 0 Å². The van der Waals surface area contributed by atoms with E-state index in [0.717, 1.165) is 6.54 Å². The Balaban J connectivity index is 2.57. The van der Waals surface area contributed by atoms with Gasteiger partial charge in [-0.2, -0.15) is 0 Å². The second-order valence-electron chi connectivity index (χ2n) is 1.72. The van der Waals surface area contributed by atoms with Crippen molar-refractivity contribution in [3.63, 3.8) is 0 Å². The highest BCUT2D eigenvalue weighted by molar-refractivity contribution is 5.92. The summed E-state index contributed by atoms with van der Waals surface area (Å²) in [4.78, 5) is 10.3. The van der Waals surface area contributed by atoms with E-state index in [0.29, 0.717) is 12.1 Å². The van der Waals surface area contributed by atoms with Crippen LogP contribution < -0.4 is 11.1 Å². The molecule has 0 fully saturated rings. The standard InChI is InChI=1S/C5H8N2O/c6-5(8)4-1-2-7-3-4/h1,7H,2-3H2,(H2,6,8). The number of amides is 1. The summed E-state index contributed by atoms with van der Waals surface area (Å²) in [5, 5.41) is 2.96. The van der Waals surface area contributed by atoms with E-state index in [1.54, 1.807) is 0 Å². The molecule has 0 aromatic rings. The average Bonchev–Trinajstić information content (AvgIpc) is 2.12. The van der Waals surface area contributed by atoms with Crippen molar-refractivity contribution in [2.24, 2.45) is 5.73 Å². The van der Waals surface area contributed by atoms with Crippen molar-refractivity contribution >= 4 is 5.91 Å². The third-order valence-electron chi connectivity index (χ3n) is 1.12. The van der Waals surface area contributed by atoms with Gasteiger partial charge in [0.15, 0.2) is 0 Å². The molecule has 1 rings (SSSR count). The molecule has 1 amide bonds. The normalized spacial score (nSPS) is 18.2. The van der Waals surface area contributed by atoms with Crippen LogP contribution in [0.4, 0.5) is 0 Å². The van der Waals surface area contributed by atoms with Crippen molar-refractivity contribution in [3.05, 3.63) is 11.6 Å². The van der Waals surface area contributed by atoms with E-state index in [1.807, 2.05) is 6.08 Å². The maximum atomic E-state index is 10.3. The molecule has 0 saturated heterocycles. The molecule has 1 aliphatic rings. The summed E-state index contributed by atoms with van der Waals surface area (Å²) in [5.41, 5.74) is 5.65. The van der Waals surface area contributed by atoms with Gasteiger partial charge in [0.05, 0.1) is 0 Å². The minimum atomic E-state index is -0.310. The van der Waals surface area contributed by atoms with E-state index in [1.165, 1.54) is 0 Å². The fourth-order valence-corrected chi connectivity index (χ4v) is 0.662. The highest BCUT2D eigenvalue weighted by Gasteiger charge is 2.07. The number of nitrogens with two attached hydrogens (primary N) is 1. The highest BCUT2D eigenvalue weighted by atomic mass is 16.1. The van der Waals surface area contributed by atoms with Crippen LogP contribution in [-0.4, -0.2) is 19.0 Å². The number of rotatable bonds is 1. The van der Waals surface area contributed by atoms with Crippen molar-refractivity contribution in [3.8, 4) is 0 Å². The number of hydrogen-bond acceptors (Lipinski definition) is 2. The third-order valence-corrected chi connectivity index (χ3v) is 1.12. The first-order valence-corrected chi connectivity index (χ1v) is 2.50. The van der Waals surface area contributed by atoms with Gasteiger partial charge in [0.25, 0.3) is 0 Å². The van der Waals surface area contributed by atoms with Gasteiger partial charge in [-0.1, -0.05) is 6.08 Å². The minimum absolute atomic E-state index is 0.310.